The van der Waals surface area contributed by atoms with E-state index in [1.807, 2.05) is 35.9 Å². The molecule has 6 heteroatoms. The van der Waals surface area contributed by atoms with Gasteiger partial charge in [-0.25, -0.2) is 9.48 Å². The van der Waals surface area contributed by atoms with Crippen LogP contribution in [0.15, 0.2) is 24.3 Å². The minimum Gasteiger partial charge on any atom is -0.480 e. The number of carboxylic acid groups (broad SMARTS) is 1. The first-order chi connectivity index (χ1) is 12.6. The fourth-order valence-electron chi connectivity index (χ4n) is 4.18. The molecule has 136 valence electrons. The topological polar surface area (TPSA) is 75.4 Å². The molecule has 4 rings (SSSR count). The summed E-state index contributed by atoms with van der Waals surface area (Å²) in [6.45, 7) is 2.52. The van der Waals surface area contributed by atoms with Crippen LogP contribution in [0.5, 0.6) is 0 Å². The van der Waals surface area contributed by atoms with Crippen LogP contribution in [0.1, 0.15) is 53.0 Å². The molecule has 1 aromatic carbocycles. The van der Waals surface area contributed by atoms with Gasteiger partial charge in [-0.15, -0.1) is 0 Å². The second kappa shape index (κ2) is 6.59. The first-order valence-electron chi connectivity index (χ1n) is 9.28. The van der Waals surface area contributed by atoms with Gasteiger partial charge >= 0.3 is 5.97 Å². The van der Waals surface area contributed by atoms with Crippen molar-refractivity contribution in [3.05, 3.63) is 46.8 Å². The molecule has 1 fully saturated rings. The summed E-state index contributed by atoms with van der Waals surface area (Å²) >= 11 is 0. The molecule has 2 aliphatic rings. The molecule has 1 N–H and O–H groups in total. The molecular weight excluding hydrogens is 330 g/mol. The summed E-state index contributed by atoms with van der Waals surface area (Å²) in [5, 5.41) is 14.2. The van der Waals surface area contributed by atoms with Crippen molar-refractivity contribution in [3.8, 4) is 5.69 Å². The molecule has 2 aromatic rings. The summed E-state index contributed by atoms with van der Waals surface area (Å²) in [5.41, 5.74) is 4.61. The number of likely N-dealkylation sites (tertiary alicyclic amines) is 1. The second-order valence-electron chi connectivity index (χ2n) is 7.17. The number of carbonyl (C=O) groups excluding carboxylic acids is 1. The predicted molar refractivity (Wildman–Crippen MR) is 96.6 cm³/mol. The number of aromatic nitrogens is 2. The Kier molecular flexibility index (Phi) is 4.26. The normalized spacial score (nSPS) is 19.4. The van der Waals surface area contributed by atoms with Crippen LogP contribution in [0, 0.1) is 6.92 Å². The van der Waals surface area contributed by atoms with Gasteiger partial charge in [0.15, 0.2) is 5.69 Å². The fourth-order valence-corrected chi connectivity index (χ4v) is 4.18. The summed E-state index contributed by atoms with van der Waals surface area (Å²) in [5.74, 6) is -1.16. The molecule has 26 heavy (non-hydrogen) atoms. The van der Waals surface area contributed by atoms with E-state index in [2.05, 4.69) is 5.10 Å². The maximum atomic E-state index is 13.2. The quantitative estimate of drug-likeness (QED) is 0.921. The molecule has 0 bridgehead atoms. The van der Waals surface area contributed by atoms with E-state index in [1.54, 1.807) is 0 Å². The van der Waals surface area contributed by atoms with Crippen molar-refractivity contribution in [3.63, 3.8) is 0 Å². The monoisotopic (exact) mass is 353 g/mol. The van der Waals surface area contributed by atoms with Crippen molar-refractivity contribution < 1.29 is 14.7 Å². The van der Waals surface area contributed by atoms with Gasteiger partial charge in [-0.1, -0.05) is 18.2 Å². The van der Waals surface area contributed by atoms with E-state index < -0.39 is 12.0 Å². The summed E-state index contributed by atoms with van der Waals surface area (Å²) < 4.78 is 1.89. The molecule has 0 saturated carbocycles. The zero-order valence-corrected chi connectivity index (χ0v) is 14.9. The van der Waals surface area contributed by atoms with Gasteiger partial charge in [0, 0.05) is 17.8 Å². The Labute approximate surface area is 152 Å². The Hall–Kier alpha value is -2.63. The number of rotatable bonds is 3. The average molecular weight is 353 g/mol. The number of nitrogens with zero attached hydrogens (tertiary/aromatic N) is 3. The standard InChI is InChI=1S/C20H23N3O3/c1-13-7-2-3-9-15(13)23-16-11-6-8-14(16)18(21-23)19(24)22-12-5-4-10-17(22)20(25)26/h2-3,7,9,17H,4-6,8,10-12H2,1H3,(H,25,26). The number of carboxylic acids is 1. The van der Waals surface area contributed by atoms with Crippen LogP contribution in [-0.2, 0) is 17.6 Å². The van der Waals surface area contributed by atoms with Crippen LogP contribution >= 0.6 is 0 Å². The summed E-state index contributed by atoms with van der Waals surface area (Å²) in [7, 11) is 0. The van der Waals surface area contributed by atoms with Gasteiger partial charge in [0.25, 0.3) is 5.91 Å². The first-order valence-corrected chi connectivity index (χ1v) is 9.28. The number of aryl methyl sites for hydroxylation is 1. The highest BCUT2D eigenvalue weighted by Gasteiger charge is 2.36. The summed E-state index contributed by atoms with van der Waals surface area (Å²) in [6, 6.07) is 7.26. The third-order valence-corrected chi connectivity index (χ3v) is 5.53. The van der Waals surface area contributed by atoms with Gasteiger partial charge in [-0.3, -0.25) is 4.79 Å². The van der Waals surface area contributed by atoms with Crippen molar-refractivity contribution in [2.75, 3.05) is 6.54 Å². The highest BCUT2D eigenvalue weighted by molar-refractivity contribution is 5.96. The van der Waals surface area contributed by atoms with Gasteiger partial charge < -0.3 is 10.0 Å². The number of benzene rings is 1. The van der Waals surface area contributed by atoms with E-state index in [0.717, 1.165) is 54.6 Å². The van der Waals surface area contributed by atoms with Crippen LogP contribution < -0.4 is 0 Å². The third kappa shape index (κ3) is 2.69. The molecule has 1 aromatic heterocycles. The number of hydrogen-bond donors (Lipinski definition) is 1. The minimum absolute atomic E-state index is 0.234. The highest BCUT2D eigenvalue weighted by Crippen LogP contribution is 2.30. The maximum Gasteiger partial charge on any atom is 0.326 e. The van der Waals surface area contributed by atoms with Crippen molar-refractivity contribution in [1.29, 1.82) is 0 Å². The van der Waals surface area contributed by atoms with Crippen molar-refractivity contribution in [2.24, 2.45) is 0 Å². The molecule has 1 aliphatic carbocycles. The highest BCUT2D eigenvalue weighted by atomic mass is 16.4. The smallest absolute Gasteiger partial charge is 0.326 e. The lowest BCUT2D eigenvalue weighted by atomic mass is 10.0. The lowest BCUT2D eigenvalue weighted by Gasteiger charge is -2.32. The lowest BCUT2D eigenvalue weighted by molar-refractivity contribution is -0.143. The zero-order valence-electron chi connectivity index (χ0n) is 14.9. The van der Waals surface area contributed by atoms with E-state index >= 15 is 0 Å². The Morgan fingerprint density at radius 3 is 2.73 bits per heavy atom. The van der Waals surface area contributed by atoms with E-state index in [0.29, 0.717) is 18.7 Å². The number of hydrogen-bond acceptors (Lipinski definition) is 3. The summed E-state index contributed by atoms with van der Waals surface area (Å²) in [6.07, 6.45) is 4.93. The summed E-state index contributed by atoms with van der Waals surface area (Å²) in [4.78, 5) is 26.3. The van der Waals surface area contributed by atoms with E-state index in [9.17, 15) is 14.7 Å². The number of carbonyl (C=O) groups is 2. The molecule has 0 radical (unpaired) electrons. The molecule has 0 spiro atoms. The molecule has 1 saturated heterocycles. The Balaban J connectivity index is 1.76. The van der Waals surface area contributed by atoms with E-state index in [1.165, 1.54) is 4.90 Å². The molecule has 1 amide bonds. The minimum atomic E-state index is -0.923. The fraction of sp³-hybridized carbons (Fsp3) is 0.450. The van der Waals surface area contributed by atoms with Crippen LogP contribution in [0.2, 0.25) is 0 Å². The van der Waals surface area contributed by atoms with Gasteiger partial charge in [-0.2, -0.15) is 5.10 Å². The number of para-hydroxylation sites is 1. The van der Waals surface area contributed by atoms with Gasteiger partial charge in [0.1, 0.15) is 6.04 Å². The Morgan fingerprint density at radius 1 is 1.15 bits per heavy atom. The van der Waals surface area contributed by atoms with Gasteiger partial charge in [-0.05, 0) is 57.1 Å². The lowest BCUT2D eigenvalue weighted by Crippen LogP contribution is -2.48. The SMILES string of the molecule is Cc1ccccc1-n1nc(C(=O)N2CCCCC2C(=O)O)c2c1CCC2. The van der Waals surface area contributed by atoms with Crippen LogP contribution in [-0.4, -0.2) is 44.3 Å². The van der Waals surface area contributed by atoms with Crippen molar-refractivity contribution >= 4 is 11.9 Å². The second-order valence-corrected chi connectivity index (χ2v) is 7.17. The van der Waals surface area contributed by atoms with E-state index in [-0.39, 0.29) is 5.91 Å². The van der Waals surface area contributed by atoms with E-state index in [4.69, 9.17) is 0 Å². The molecular formula is C20H23N3O3. The van der Waals surface area contributed by atoms with Gasteiger partial charge in [0.05, 0.1) is 5.69 Å². The van der Waals surface area contributed by atoms with Crippen LogP contribution in [0.4, 0.5) is 0 Å². The number of fused-ring (bicyclic) bond motifs is 1. The molecule has 2 heterocycles. The van der Waals surface area contributed by atoms with Crippen LogP contribution in [0.25, 0.3) is 5.69 Å². The average Bonchev–Trinajstić information content (AvgIpc) is 3.24. The molecule has 6 nitrogen and oxygen atoms in total. The molecule has 1 aliphatic heterocycles. The Morgan fingerprint density at radius 2 is 1.96 bits per heavy atom. The first kappa shape index (κ1) is 16.8. The molecule has 1 unspecified atom stereocenters. The zero-order chi connectivity index (χ0) is 18.3. The maximum absolute atomic E-state index is 13.2. The largest absolute Gasteiger partial charge is 0.480 e. The number of aliphatic carboxylic acids is 1. The predicted octanol–water partition coefficient (Wildman–Crippen LogP) is 2.75. The van der Waals surface area contributed by atoms with Crippen LogP contribution in [0.3, 0.4) is 0 Å². The number of amides is 1. The Bertz CT molecular complexity index is 871. The number of piperidine rings is 1. The third-order valence-electron chi connectivity index (χ3n) is 5.53. The van der Waals surface area contributed by atoms with Crippen molar-refractivity contribution in [1.82, 2.24) is 14.7 Å². The molecule has 1 atom stereocenters. The van der Waals surface area contributed by atoms with Crippen molar-refractivity contribution in [2.45, 2.75) is 51.5 Å². The van der Waals surface area contributed by atoms with Gasteiger partial charge in [0.2, 0.25) is 0 Å².